The van der Waals surface area contributed by atoms with E-state index < -0.39 is 12.0 Å². The second-order valence-corrected chi connectivity index (χ2v) is 6.19. The minimum Gasteiger partial charge on any atom is -0.480 e. The lowest BCUT2D eigenvalue weighted by Gasteiger charge is -2.20. The van der Waals surface area contributed by atoms with Gasteiger partial charge in [0.15, 0.2) is 0 Å². The molecule has 140 valence electrons. The third-order valence-electron chi connectivity index (χ3n) is 4.43. The molecule has 26 heavy (non-hydrogen) atoms. The highest BCUT2D eigenvalue weighted by atomic mass is 16.4. The minimum absolute atomic E-state index is 0.111. The Morgan fingerprint density at radius 1 is 1.08 bits per heavy atom. The molecule has 0 heterocycles. The van der Waals surface area contributed by atoms with Crippen LogP contribution in [0.2, 0.25) is 0 Å². The summed E-state index contributed by atoms with van der Waals surface area (Å²) in [5, 5.41) is 17.2. The number of fused-ring (bicyclic) bond motifs is 1. The number of hydrogen-bond donors (Lipinski definition) is 3. The third-order valence-corrected chi connectivity index (χ3v) is 4.43. The van der Waals surface area contributed by atoms with Crippen molar-refractivity contribution in [2.24, 2.45) is 0 Å². The number of amides is 1. The van der Waals surface area contributed by atoms with Crippen LogP contribution in [0.1, 0.15) is 20.3 Å². The van der Waals surface area contributed by atoms with Gasteiger partial charge in [-0.25, -0.2) is 0 Å². The lowest BCUT2D eigenvalue weighted by Crippen LogP contribution is -2.43. The van der Waals surface area contributed by atoms with Gasteiger partial charge in [-0.2, -0.15) is 0 Å². The quantitative estimate of drug-likeness (QED) is 0.609. The van der Waals surface area contributed by atoms with Crippen LogP contribution in [0.3, 0.4) is 0 Å². The van der Waals surface area contributed by atoms with Crippen molar-refractivity contribution >= 4 is 28.3 Å². The summed E-state index contributed by atoms with van der Waals surface area (Å²) >= 11 is 0. The van der Waals surface area contributed by atoms with E-state index in [0.29, 0.717) is 12.2 Å². The van der Waals surface area contributed by atoms with E-state index >= 15 is 0 Å². The number of hydrogen-bond acceptors (Lipinski definition) is 4. The molecule has 0 aliphatic heterocycles. The first kappa shape index (κ1) is 19.9. The van der Waals surface area contributed by atoms with Crippen LogP contribution in [-0.4, -0.2) is 54.1 Å². The first-order valence-corrected chi connectivity index (χ1v) is 9.00. The van der Waals surface area contributed by atoms with E-state index in [2.05, 4.69) is 29.4 Å². The summed E-state index contributed by atoms with van der Waals surface area (Å²) in [5.41, 5.74) is 0.668. The molecule has 0 saturated heterocycles. The van der Waals surface area contributed by atoms with E-state index in [-0.39, 0.29) is 12.3 Å². The Hall–Kier alpha value is -2.44. The van der Waals surface area contributed by atoms with Crippen LogP contribution < -0.4 is 10.6 Å². The zero-order valence-electron chi connectivity index (χ0n) is 15.4. The van der Waals surface area contributed by atoms with Crippen molar-refractivity contribution in [2.45, 2.75) is 26.3 Å². The van der Waals surface area contributed by atoms with Crippen molar-refractivity contribution in [1.29, 1.82) is 0 Å². The fraction of sp³-hybridized carbons (Fsp3) is 0.400. The normalized spacial score (nSPS) is 12.3. The molecular formula is C20H27N3O3. The molecule has 0 bridgehead atoms. The largest absolute Gasteiger partial charge is 0.480 e. The van der Waals surface area contributed by atoms with Gasteiger partial charge in [-0.1, -0.05) is 44.2 Å². The van der Waals surface area contributed by atoms with Crippen LogP contribution in [0.15, 0.2) is 42.5 Å². The molecule has 0 aliphatic rings. The summed E-state index contributed by atoms with van der Waals surface area (Å²) < 4.78 is 0. The number of carbonyl (C=O) groups is 2. The Labute approximate surface area is 154 Å². The number of carboxylic acids is 1. The Kier molecular flexibility index (Phi) is 7.56. The number of likely N-dealkylation sites (N-methyl/N-ethyl adjacent to an activating group) is 1. The van der Waals surface area contributed by atoms with Crippen molar-refractivity contribution in [2.75, 3.05) is 31.5 Å². The molecule has 0 unspecified atom stereocenters. The number of benzene rings is 2. The Morgan fingerprint density at radius 3 is 2.42 bits per heavy atom. The predicted molar refractivity (Wildman–Crippen MR) is 104 cm³/mol. The fourth-order valence-corrected chi connectivity index (χ4v) is 2.85. The number of aliphatic carboxylic acids is 1. The maximum Gasteiger partial charge on any atom is 0.321 e. The van der Waals surface area contributed by atoms with E-state index in [1.165, 1.54) is 0 Å². The van der Waals surface area contributed by atoms with Crippen LogP contribution >= 0.6 is 0 Å². The Bertz CT molecular complexity index is 744. The maximum absolute atomic E-state index is 12.2. The highest BCUT2D eigenvalue weighted by molar-refractivity contribution is 5.96. The molecule has 0 saturated carbocycles. The molecule has 0 aliphatic carbocycles. The van der Waals surface area contributed by atoms with Crippen LogP contribution in [0.5, 0.6) is 0 Å². The standard InChI is InChI=1S/C20H27N3O3/c1-3-23(4-2)12-11-21-18(20(25)26)14-19(24)22-17-10-9-15-7-5-6-8-16(15)13-17/h5-10,13,18,21H,3-4,11-12,14H2,1-2H3,(H,22,24)(H,25,26)/t18-/m0/s1. The van der Waals surface area contributed by atoms with Gasteiger partial charge in [0, 0.05) is 18.8 Å². The molecule has 0 radical (unpaired) electrons. The van der Waals surface area contributed by atoms with Gasteiger partial charge in [0.1, 0.15) is 6.04 Å². The summed E-state index contributed by atoms with van der Waals surface area (Å²) in [5.74, 6) is -1.33. The monoisotopic (exact) mass is 357 g/mol. The topological polar surface area (TPSA) is 81.7 Å². The second-order valence-electron chi connectivity index (χ2n) is 6.19. The van der Waals surface area contributed by atoms with Crippen molar-refractivity contribution in [3.8, 4) is 0 Å². The number of carbonyl (C=O) groups excluding carboxylic acids is 1. The van der Waals surface area contributed by atoms with Crippen LogP contribution in [0, 0.1) is 0 Å². The van der Waals surface area contributed by atoms with Crippen molar-refractivity contribution in [3.05, 3.63) is 42.5 Å². The molecule has 0 aromatic heterocycles. The molecule has 2 aromatic carbocycles. The number of nitrogens with zero attached hydrogens (tertiary/aromatic N) is 1. The summed E-state index contributed by atoms with van der Waals surface area (Å²) in [7, 11) is 0. The van der Waals surface area contributed by atoms with E-state index in [9.17, 15) is 14.7 Å². The highest BCUT2D eigenvalue weighted by Gasteiger charge is 2.20. The summed E-state index contributed by atoms with van der Waals surface area (Å²) in [4.78, 5) is 25.9. The molecule has 2 rings (SSSR count). The van der Waals surface area contributed by atoms with Gasteiger partial charge in [-0.15, -0.1) is 0 Å². The zero-order chi connectivity index (χ0) is 18.9. The first-order chi connectivity index (χ1) is 12.5. The Balaban J connectivity index is 1.90. The smallest absolute Gasteiger partial charge is 0.321 e. The van der Waals surface area contributed by atoms with Crippen LogP contribution in [0.4, 0.5) is 5.69 Å². The van der Waals surface area contributed by atoms with Gasteiger partial charge in [0.05, 0.1) is 6.42 Å². The van der Waals surface area contributed by atoms with Gasteiger partial charge in [-0.05, 0) is 36.0 Å². The van der Waals surface area contributed by atoms with E-state index in [4.69, 9.17) is 0 Å². The molecule has 3 N–H and O–H groups in total. The van der Waals surface area contributed by atoms with E-state index in [0.717, 1.165) is 30.4 Å². The lowest BCUT2D eigenvalue weighted by atomic mass is 10.1. The van der Waals surface area contributed by atoms with Crippen molar-refractivity contribution in [3.63, 3.8) is 0 Å². The third kappa shape index (κ3) is 5.82. The second kappa shape index (κ2) is 9.89. The maximum atomic E-state index is 12.2. The number of nitrogens with one attached hydrogen (secondary N) is 2. The van der Waals surface area contributed by atoms with Gasteiger partial charge >= 0.3 is 5.97 Å². The van der Waals surface area contributed by atoms with Crippen molar-refractivity contribution in [1.82, 2.24) is 10.2 Å². The van der Waals surface area contributed by atoms with Gasteiger partial charge < -0.3 is 20.6 Å². The summed E-state index contributed by atoms with van der Waals surface area (Å²) in [6.45, 7) is 7.24. The highest BCUT2D eigenvalue weighted by Crippen LogP contribution is 2.19. The van der Waals surface area contributed by atoms with Crippen LogP contribution in [0.25, 0.3) is 10.8 Å². The van der Waals surface area contributed by atoms with E-state index in [1.807, 2.05) is 42.5 Å². The molecule has 1 amide bonds. The number of anilines is 1. The SMILES string of the molecule is CCN(CC)CCN[C@@H](CC(=O)Nc1ccc2ccccc2c1)C(=O)O. The molecule has 6 nitrogen and oxygen atoms in total. The molecular weight excluding hydrogens is 330 g/mol. The van der Waals surface area contributed by atoms with Crippen LogP contribution in [-0.2, 0) is 9.59 Å². The van der Waals surface area contributed by atoms with Gasteiger partial charge in [0.25, 0.3) is 0 Å². The lowest BCUT2D eigenvalue weighted by molar-refractivity contribution is -0.141. The summed E-state index contributed by atoms with van der Waals surface area (Å²) in [6, 6.07) is 12.6. The fourth-order valence-electron chi connectivity index (χ4n) is 2.85. The molecule has 2 aromatic rings. The first-order valence-electron chi connectivity index (χ1n) is 9.00. The van der Waals surface area contributed by atoms with E-state index in [1.54, 1.807) is 0 Å². The molecule has 0 fully saturated rings. The average Bonchev–Trinajstić information content (AvgIpc) is 2.64. The number of rotatable bonds is 10. The zero-order valence-corrected chi connectivity index (χ0v) is 15.4. The van der Waals surface area contributed by atoms with Gasteiger partial charge in [-0.3, -0.25) is 9.59 Å². The minimum atomic E-state index is -1.02. The molecule has 1 atom stereocenters. The predicted octanol–water partition coefficient (Wildman–Crippen LogP) is 2.55. The average molecular weight is 357 g/mol. The van der Waals surface area contributed by atoms with Gasteiger partial charge in [0.2, 0.25) is 5.91 Å². The molecule has 0 spiro atoms. The Morgan fingerprint density at radius 2 is 1.77 bits per heavy atom. The van der Waals surface area contributed by atoms with Crippen molar-refractivity contribution < 1.29 is 14.7 Å². The summed E-state index contributed by atoms with van der Waals surface area (Å²) in [6.07, 6.45) is -0.111. The number of carboxylic acid groups (broad SMARTS) is 1. The molecule has 6 heteroatoms.